The molecule has 1 heterocycles. The van der Waals surface area contributed by atoms with Crippen LogP contribution in [0, 0.1) is 0 Å². The Labute approximate surface area is 113 Å². The molecule has 3 rings (SSSR count). The minimum atomic E-state index is 0.882. The van der Waals surface area contributed by atoms with Crippen molar-refractivity contribution in [3.8, 4) is 0 Å². The van der Waals surface area contributed by atoms with E-state index in [1.54, 1.807) is 0 Å². The van der Waals surface area contributed by atoms with Crippen LogP contribution in [0.5, 0.6) is 0 Å². The summed E-state index contributed by atoms with van der Waals surface area (Å²) in [5.41, 5.74) is 2.56. The van der Waals surface area contributed by atoms with Gasteiger partial charge in [-0.1, -0.05) is 48.0 Å². The molecule has 19 heavy (non-hydrogen) atoms. The Morgan fingerprint density at radius 1 is 1.16 bits per heavy atom. The number of imidazole rings is 1. The Kier molecular flexibility index (Phi) is 3.15. The molecule has 0 amide bonds. The molecule has 0 spiro atoms. The lowest BCUT2D eigenvalue weighted by Gasteiger charge is -2.04. The van der Waals surface area contributed by atoms with E-state index in [4.69, 9.17) is 0 Å². The van der Waals surface area contributed by atoms with Gasteiger partial charge >= 0.3 is 0 Å². The van der Waals surface area contributed by atoms with Gasteiger partial charge in [0.05, 0.1) is 6.33 Å². The van der Waals surface area contributed by atoms with Gasteiger partial charge in [-0.15, -0.1) is 0 Å². The lowest BCUT2D eigenvalue weighted by atomic mass is 10.1. The van der Waals surface area contributed by atoms with E-state index in [0.29, 0.717) is 0 Å². The average Bonchev–Trinajstić information content (AvgIpc) is 2.91. The number of allylic oxidation sites excluding steroid dienone is 1. The third kappa shape index (κ3) is 2.74. The number of rotatable bonds is 3. The molecule has 0 N–H and O–H groups in total. The Balaban J connectivity index is 1.87. The molecule has 2 nitrogen and oxygen atoms in total. The summed E-state index contributed by atoms with van der Waals surface area (Å²) in [4.78, 5) is 4.06. The third-order valence-electron chi connectivity index (χ3n) is 3.18. The maximum absolute atomic E-state index is 4.06. The molecule has 0 aliphatic heterocycles. The van der Waals surface area contributed by atoms with E-state index in [1.165, 1.54) is 21.9 Å². The summed E-state index contributed by atoms with van der Waals surface area (Å²) in [5, 5.41) is 2.57. The molecule has 2 heteroatoms. The summed E-state index contributed by atoms with van der Waals surface area (Å²) < 4.78 is 2.08. The predicted molar refractivity (Wildman–Crippen MR) is 79.8 cm³/mol. The predicted octanol–water partition coefficient (Wildman–Crippen LogP) is 4.14. The van der Waals surface area contributed by atoms with Crippen molar-refractivity contribution in [2.75, 3.05) is 0 Å². The lowest BCUT2D eigenvalue weighted by Crippen LogP contribution is -1.95. The van der Waals surface area contributed by atoms with Gasteiger partial charge in [0.25, 0.3) is 0 Å². The highest BCUT2D eigenvalue weighted by molar-refractivity contribution is 5.84. The summed E-state index contributed by atoms with van der Waals surface area (Å²) in [7, 11) is 0. The second-order valence-corrected chi connectivity index (χ2v) is 4.83. The number of nitrogens with zero attached hydrogens (tertiary/aromatic N) is 2. The van der Waals surface area contributed by atoms with Crippen LogP contribution >= 0.6 is 0 Å². The minimum Gasteiger partial charge on any atom is -0.333 e. The van der Waals surface area contributed by atoms with Crippen LogP contribution < -0.4 is 0 Å². The van der Waals surface area contributed by atoms with Crippen LogP contribution in [0.2, 0.25) is 0 Å². The molecule has 0 unspecified atom stereocenters. The monoisotopic (exact) mass is 248 g/mol. The van der Waals surface area contributed by atoms with Crippen molar-refractivity contribution in [3.05, 3.63) is 72.3 Å². The fourth-order valence-corrected chi connectivity index (χ4v) is 2.30. The van der Waals surface area contributed by atoms with Crippen molar-refractivity contribution in [1.82, 2.24) is 9.55 Å². The first-order valence-electron chi connectivity index (χ1n) is 6.43. The third-order valence-corrected chi connectivity index (χ3v) is 3.18. The van der Waals surface area contributed by atoms with E-state index in [2.05, 4.69) is 65.0 Å². The topological polar surface area (TPSA) is 17.8 Å². The molecule has 0 aliphatic rings. The minimum absolute atomic E-state index is 0.882. The molecule has 0 bridgehead atoms. The van der Waals surface area contributed by atoms with Crippen molar-refractivity contribution in [3.63, 3.8) is 0 Å². The normalized spacial score (nSPS) is 11.9. The first-order chi connectivity index (χ1) is 9.31. The van der Waals surface area contributed by atoms with Crippen LogP contribution in [-0.2, 0) is 6.54 Å². The molecule has 3 aromatic rings. The lowest BCUT2D eigenvalue weighted by molar-refractivity contribution is 0.786. The van der Waals surface area contributed by atoms with Gasteiger partial charge in [-0.05, 0) is 29.3 Å². The molecule has 0 atom stereocenters. The van der Waals surface area contributed by atoms with Gasteiger partial charge in [0.1, 0.15) is 0 Å². The van der Waals surface area contributed by atoms with Crippen LogP contribution in [0.4, 0.5) is 0 Å². The van der Waals surface area contributed by atoms with Crippen LogP contribution in [0.15, 0.2) is 66.8 Å². The highest BCUT2D eigenvalue weighted by Gasteiger charge is 1.96. The summed E-state index contributed by atoms with van der Waals surface area (Å²) >= 11 is 0. The number of hydrogen-bond donors (Lipinski definition) is 0. The van der Waals surface area contributed by atoms with E-state index < -0.39 is 0 Å². The smallest absolute Gasteiger partial charge is 0.0948 e. The number of hydrogen-bond acceptors (Lipinski definition) is 1. The molecule has 0 radical (unpaired) electrons. The highest BCUT2D eigenvalue weighted by Crippen LogP contribution is 2.17. The Bertz CT molecular complexity index is 709. The number of aromatic nitrogens is 2. The molecule has 94 valence electrons. The summed E-state index contributed by atoms with van der Waals surface area (Å²) in [5.74, 6) is 0. The highest BCUT2D eigenvalue weighted by atomic mass is 15.0. The zero-order valence-corrected chi connectivity index (χ0v) is 11.0. The molecular weight excluding hydrogens is 232 g/mol. The summed E-state index contributed by atoms with van der Waals surface area (Å²) in [6.45, 7) is 3.03. The van der Waals surface area contributed by atoms with E-state index in [-0.39, 0.29) is 0 Å². The van der Waals surface area contributed by atoms with Crippen LogP contribution in [0.25, 0.3) is 16.8 Å². The zero-order valence-electron chi connectivity index (χ0n) is 11.0. The molecule has 2 aromatic carbocycles. The van der Waals surface area contributed by atoms with Crippen LogP contribution in [-0.4, -0.2) is 9.55 Å². The van der Waals surface area contributed by atoms with Gasteiger partial charge in [-0.2, -0.15) is 0 Å². The van der Waals surface area contributed by atoms with Gasteiger partial charge in [0, 0.05) is 18.9 Å². The maximum atomic E-state index is 4.06. The van der Waals surface area contributed by atoms with Gasteiger partial charge in [-0.3, -0.25) is 0 Å². The fraction of sp³-hybridized carbons (Fsp3) is 0.118. The summed E-state index contributed by atoms with van der Waals surface area (Å²) in [6, 6.07) is 15.0. The molecular formula is C17H16N2. The van der Waals surface area contributed by atoms with Crippen molar-refractivity contribution in [1.29, 1.82) is 0 Å². The van der Waals surface area contributed by atoms with Gasteiger partial charge in [0.15, 0.2) is 0 Å². The van der Waals surface area contributed by atoms with E-state index in [9.17, 15) is 0 Å². The standard InChI is InChI=1S/C17H16N2/c1-14(12-19-9-8-18-13-19)10-15-6-7-16-4-2-3-5-17(16)11-15/h2-11,13H,12H2,1H3/b14-10+. The molecule has 0 saturated heterocycles. The average molecular weight is 248 g/mol. The van der Waals surface area contributed by atoms with Crippen LogP contribution in [0.1, 0.15) is 12.5 Å². The van der Waals surface area contributed by atoms with E-state index in [1.807, 2.05) is 18.7 Å². The maximum Gasteiger partial charge on any atom is 0.0948 e. The van der Waals surface area contributed by atoms with Crippen molar-refractivity contribution in [2.24, 2.45) is 0 Å². The van der Waals surface area contributed by atoms with Gasteiger partial charge < -0.3 is 4.57 Å². The Morgan fingerprint density at radius 3 is 2.79 bits per heavy atom. The molecule has 0 fully saturated rings. The number of fused-ring (bicyclic) bond motifs is 1. The second-order valence-electron chi connectivity index (χ2n) is 4.83. The first kappa shape index (κ1) is 11.7. The van der Waals surface area contributed by atoms with E-state index >= 15 is 0 Å². The Morgan fingerprint density at radius 2 is 2.00 bits per heavy atom. The van der Waals surface area contributed by atoms with Crippen LogP contribution in [0.3, 0.4) is 0 Å². The Hall–Kier alpha value is -2.35. The van der Waals surface area contributed by atoms with Gasteiger partial charge in [0.2, 0.25) is 0 Å². The van der Waals surface area contributed by atoms with Gasteiger partial charge in [-0.25, -0.2) is 4.98 Å². The van der Waals surface area contributed by atoms with Crippen molar-refractivity contribution in [2.45, 2.75) is 13.5 Å². The fourth-order valence-electron chi connectivity index (χ4n) is 2.30. The zero-order chi connectivity index (χ0) is 13.1. The molecule has 0 aliphatic carbocycles. The van der Waals surface area contributed by atoms with E-state index in [0.717, 1.165) is 6.54 Å². The first-order valence-corrected chi connectivity index (χ1v) is 6.43. The largest absolute Gasteiger partial charge is 0.333 e. The second kappa shape index (κ2) is 5.11. The van der Waals surface area contributed by atoms with Crippen molar-refractivity contribution < 1.29 is 0 Å². The SMILES string of the molecule is C/C(=C\c1ccc2ccccc2c1)Cn1ccnc1. The molecule has 1 aromatic heterocycles. The summed E-state index contributed by atoms with van der Waals surface area (Å²) in [6.07, 6.45) is 7.87. The number of benzene rings is 2. The van der Waals surface area contributed by atoms with Crippen molar-refractivity contribution >= 4 is 16.8 Å². The molecule has 0 saturated carbocycles. The quantitative estimate of drug-likeness (QED) is 0.681.